The van der Waals surface area contributed by atoms with Crippen LogP contribution in [0.15, 0.2) is 0 Å². The first kappa shape index (κ1) is 25.1. The topological polar surface area (TPSA) is 123 Å². The molecule has 10 heteroatoms. The lowest BCUT2D eigenvalue weighted by atomic mass is 10.0. The fourth-order valence-electron chi connectivity index (χ4n) is 3.19. The van der Waals surface area contributed by atoms with Crippen LogP contribution in [0.2, 0.25) is 0 Å². The minimum Gasteiger partial charge on any atom is -0.329 e. The summed E-state index contributed by atoms with van der Waals surface area (Å²) in [6.07, 6.45) is 4.90. The zero-order valence-corrected chi connectivity index (χ0v) is 18.0. The predicted molar refractivity (Wildman–Crippen MR) is 107 cm³/mol. The van der Waals surface area contributed by atoms with E-state index in [2.05, 4.69) is 23.1 Å². The molecular formula is C19H37N5O5. The molecule has 0 bridgehead atoms. The van der Waals surface area contributed by atoms with Crippen molar-refractivity contribution in [1.29, 1.82) is 0 Å². The summed E-state index contributed by atoms with van der Waals surface area (Å²) in [5.41, 5.74) is 5.51. The van der Waals surface area contributed by atoms with E-state index in [9.17, 15) is 19.6 Å². The maximum absolute atomic E-state index is 12.8. The van der Waals surface area contributed by atoms with Gasteiger partial charge in [0.1, 0.15) is 0 Å². The Morgan fingerprint density at radius 2 is 1.90 bits per heavy atom. The summed E-state index contributed by atoms with van der Waals surface area (Å²) < 4.78 is 0. The van der Waals surface area contributed by atoms with E-state index in [0.29, 0.717) is 18.0 Å². The van der Waals surface area contributed by atoms with Gasteiger partial charge in [-0.1, -0.05) is 39.5 Å². The highest BCUT2D eigenvalue weighted by Crippen LogP contribution is 2.13. The average Bonchev–Trinajstić information content (AvgIpc) is 3.01. The van der Waals surface area contributed by atoms with Gasteiger partial charge in [0.15, 0.2) is 0 Å². The van der Waals surface area contributed by atoms with Crippen molar-refractivity contribution in [3.8, 4) is 0 Å². The lowest BCUT2D eigenvalue weighted by Crippen LogP contribution is -2.57. The summed E-state index contributed by atoms with van der Waals surface area (Å²) in [5.74, 6) is -1.00. The summed E-state index contributed by atoms with van der Waals surface area (Å²) in [6, 6.07) is -0.701. The highest BCUT2D eigenvalue weighted by atomic mass is 16.7. The van der Waals surface area contributed by atoms with Gasteiger partial charge in [-0.3, -0.25) is 25.1 Å². The number of nitrogens with zero attached hydrogens (tertiary/aromatic N) is 2. The van der Waals surface area contributed by atoms with Gasteiger partial charge in [-0.05, 0) is 26.7 Å². The first-order valence-electron chi connectivity index (χ1n) is 10.5. The number of carbonyl (C=O) groups is 3. The molecule has 0 aliphatic carbocycles. The Labute approximate surface area is 173 Å². The van der Waals surface area contributed by atoms with E-state index in [0.717, 1.165) is 32.1 Å². The van der Waals surface area contributed by atoms with Gasteiger partial charge >= 0.3 is 6.03 Å². The first-order valence-corrected chi connectivity index (χ1v) is 10.5. The zero-order valence-electron chi connectivity index (χ0n) is 18.0. The maximum Gasteiger partial charge on any atom is 0.336 e. The summed E-state index contributed by atoms with van der Waals surface area (Å²) in [5, 5.41) is 14.2. The number of unbranched alkanes of at least 4 members (excludes halogenated alkanes) is 3. The second-order valence-corrected chi connectivity index (χ2v) is 7.61. The van der Waals surface area contributed by atoms with Crippen molar-refractivity contribution in [3.63, 3.8) is 0 Å². The smallest absolute Gasteiger partial charge is 0.329 e. The highest BCUT2D eigenvalue weighted by Gasteiger charge is 2.34. The molecule has 29 heavy (non-hydrogen) atoms. The Bertz CT molecular complexity index is 511. The number of amides is 4. The lowest BCUT2D eigenvalue weighted by molar-refractivity contribution is -0.155. The van der Waals surface area contributed by atoms with Gasteiger partial charge in [0.25, 0.3) is 0 Å². The number of hydrogen-bond donors (Lipinski definition) is 4. The molecule has 1 saturated heterocycles. The molecule has 4 unspecified atom stereocenters. The van der Waals surface area contributed by atoms with Gasteiger partial charge in [0.05, 0.1) is 30.7 Å². The molecule has 1 aliphatic rings. The molecule has 0 aromatic rings. The van der Waals surface area contributed by atoms with Crippen molar-refractivity contribution in [2.24, 2.45) is 5.92 Å². The fraction of sp³-hybridized carbons (Fsp3) is 0.842. The van der Waals surface area contributed by atoms with Crippen LogP contribution in [-0.4, -0.2) is 64.9 Å². The molecule has 1 aliphatic heterocycles. The molecule has 4 amide bonds. The van der Waals surface area contributed by atoms with Gasteiger partial charge in [0.2, 0.25) is 12.3 Å². The minimum absolute atomic E-state index is 0.0602. The van der Waals surface area contributed by atoms with Gasteiger partial charge in [-0.15, -0.1) is 0 Å². The molecule has 10 nitrogen and oxygen atoms in total. The van der Waals surface area contributed by atoms with Gasteiger partial charge in [-0.2, -0.15) is 5.48 Å². The fourth-order valence-corrected chi connectivity index (χ4v) is 3.19. The average molecular weight is 416 g/mol. The Hall–Kier alpha value is -1.91. The van der Waals surface area contributed by atoms with Crippen molar-refractivity contribution in [3.05, 3.63) is 0 Å². The summed E-state index contributed by atoms with van der Waals surface area (Å²) in [4.78, 5) is 41.7. The first-order chi connectivity index (χ1) is 13.8. The Kier molecular flexibility index (Phi) is 11.6. The summed E-state index contributed by atoms with van der Waals surface area (Å²) in [7, 11) is 0. The third-order valence-corrected chi connectivity index (χ3v) is 5.06. The van der Waals surface area contributed by atoms with E-state index in [1.54, 1.807) is 0 Å². The van der Waals surface area contributed by atoms with E-state index in [-0.39, 0.29) is 31.1 Å². The number of urea groups is 1. The summed E-state index contributed by atoms with van der Waals surface area (Å²) >= 11 is 0. The Morgan fingerprint density at radius 3 is 2.45 bits per heavy atom. The highest BCUT2D eigenvalue weighted by molar-refractivity contribution is 5.83. The van der Waals surface area contributed by atoms with Crippen LogP contribution < -0.4 is 16.2 Å². The molecule has 4 atom stereocenters. The standard InChI is InChI=1S/C19H37N5O5/c1-5-7-9-10-16(12-23(28)13-25)18(26)21-24(11-8-6-2)19(27)20-17-14(3)22-29-15(17)4/h13-17,22,28H,5-12H2,1-4H3,(H,20,27)(H,21,26). The third kappa shape index (κ3) is 8.55. The van der Waals surface area contributed by atoms with Gasteiger partial charge in [0, 0.05) is 6.54 Å². The molecule has 0 saturated carbocycles. The van der Waals surface area contributed by atoms with E-state index in [1.165, 1.54) is 5.01 Å². The second kappa shape index (κ2) is 13.3. The minimum atomic E-state index is -0.608. The Morgan fingerprint density at radius 1 is 1.21 bits per heavy atom. The number of carbonyl (C=O) groups excluding carboxylic acids is 3. The van der Waals surface area contributed by atoms with Gasteiger partial charge < -0.3 is 5.32 Å². The van der Waals surface area contributed by atoms with Gasteiger partial charge in [-0.25, -0.2) is 14.9 Å². The quantitative estimate of drug-likeness (QED) is 0.166. The van der Waals surface area contributed by atoms with Crippen LogP contribution in [0.1, 0.15) is 66.2 Å². The lowest BCUT2D eigenvalue weighted by Gasteiger charge is -2.29. The normalized spacial score (nSPS) is 22.0. The Balaban J connectivity index is 2.78. The second-order valence-electron chi connectivity index (χ2n) is 7.61. The van der Waals surface area contributed by atoms with Crippen LogP contribution in [0.4, 0.5) is 4.79 Å². The van der Waals surface area contributed by atoms with E-state index >= 15 is 0 Å². The molecule has 4 N–H and O–H groups in total. The van der Waals surface area contributed by atoms with Crippen molar-refractivity contribution < 1.29 is 24.4 Å². The van der Waals surface area contributed by atoms with Crippen LogP contribution >= 0.6 is 0 Å². The molecule has 1 fully saturated rings. The number of rotatable bonds is 12. The van der Waals surface area contributed by atoms with E-state index in [4.69, 9.17) is 4.84 Å². The molecule has 1 rings (SSSR count). The van der Waals surface area contributed by atoms with Crippen molar-refractivity contribution in [2.45, 2.75) is 84.4 Å². The summed E-state index contributed by atoms with van der Waals surface area (Å²) in [6.45, 7) is 8.06. The monoisotopic (exact) mass is 415 g/mol. The number of nitrogens with one attached hydrogen (secondary N) is 3. The maximum atomic E-state index is 12.8. The molecule has 0 spiro atoms. The van der Waals surface area contributed by atoms with Crippen LogP contribution in [0.25, 0.3) is 0 Å². The number of hydrazine groups is 1. The van der Waals surface area contributed by atoms with Crippen LogP contribution in [0.3, 0.4) is 0 Å². The third-order valence-electron chi connectivity index (χ3n) is 5.06. The van der Waals surface area contributed by atoms with Crippen molar-refractivity contribution >= 4 is 18.3 Å². The van der Waals surface area contributed by atoms with Crippen LogP contribution in [-0.2, 0) is 14.4 Å². The van der Waals surface area contributed by atoms with Crippen molar-refractivity contribution in [1.82, 2.24) is 26.3 Å². The SMILES string of the molecule is CCCCCC(CN(O)C=O)C(=O)NN(CCCC)C(=O)NC1C(C)NOC1C. The largest absolute Gasteiger partial charge is 0.336 e. The zero-order chi connectivity index (χ0) is 21.8. The van der Waals surface area contributed by atoms with E-state index in [1.807, 2.05) is 20.8 Å². The molecule has 0 aromatic carbocycles. The number of hydrogen-bond acceptors (Lipinski definition) is 6. The predicted octanol–water partition coefficient (Wildman–Crippen LogP) is 1.55. The molecule has 0 aromatic heterocycles. The van der Waals surface area contributed by atoms with E-state index < -0.39 is 17.9 Å². The molecule has 168 valence electrons. The van der Waals surface area contributed by atoms with Crippen LogP contribution in [0, 0.1) is 5.92 Å². The molecule has 1 heterocycles. The number of hydroxylamine groups is 3. The van der Waals surface area contributed by atoms with Crippen molar-refractivity contribution in [2.75, 3.05) is 13.1 Å². The molecular weight excluding hydrogens is 378 g/mol. The molecule has 0 radical (unpaired) electrons. The van der Waals surface area contributed by atoms with Crippen LogP contribution in [0.5, 0.6) is 0 Å².